The number of ether oxygens (including phenoxy) is 1. The quantitative estimate of drug-likeness (QED) is 0.485. The lowest BCUT2D eigenvalue weighted by Gasteiger charge is -2.10. The first-order valence-corrected chi connectivity index (χ1v) is 4.69. The Morgan fingerprint density at radius 1 is 1.61 bits per heavy atom. The Bertz CT molecular complexity index is 515. The summed E-state index contributed by atoms with van der Waals surface area (Å²) in [6.07, 6.45) is -1.27. The molecule has 0 bridgehead atoms. The molecule has 18 heavy (non-hydrogen) atoms. The number of hydrogen-bond donors (Lipinski definition) is 1. The van der Waals surface area contributed by atoms with Crippen molar-refractivity contribution in [2.24, 2.45) is 0 Å². The molecule has 0 heterocycles. The summed E-state index contributed by atoms with van der Waals surface area (Å²) in [5.74, 6) is -2.93. The molecule has 0 aliphatic carbocycles. The van der Waals surface area contributed by atoms with Crippen LogP contribution in [-0.2, 0) is 4.79 Å². The number of aldehydes is 1. The van der Waals surface area contributed by atoms with Gasteiger partial charge in [0.05, 0.1) is 10.5 Å². The van der Waals surface area contributed by atoms with Crippen LogP contribution in [0.5, 0.6) is 5.75 Å². The molecule has 1 rings (SSSR count). The molecule has 0 saturated heterocycles. The molecule has 0 spiro atoms. The van der Waals surface area contributed by atoms with E-state index in [2.05, 4.69) is 0 Å². The molecule has 0 aliphatic heterocycles. The van der Waals surface area contributed by atoms with Crippen molar-refractivity contribution in [3.63, 3.8) is 0 Å². The van der Waals surface area contributed by atoms with E-state index >= 15 is 0 Å². The van der Waals surface area contributed by atoms with Gasteiger partial charge < -0.3 is 9.84 Å². The predicted molar refractivity (Wildman–Crippen MR) is 56.2 cm³/mol. The highest BCUT2D eigenvalue weighted by Crippen LogP contribution is 2.30. The maximum Gasteiger partial charge on any atom is 0.344 e. The summed E-state index contributed by atoms with van der Waals surface area (Å²) in [7, 11) is 0. The number of carboxylic acids is 1. The number of aliphatic carboxylic acids is 1. The van der Waals surface area contributed by atoms with E-state index < -0.39 is 39.8 Å². The van der Waals surface area contributed by atoms with Crippen molar-refractivity contribution in [1.29, 1.82) is 0 Å². The minimum absolute atomic E-state index is 0.118. The fraction of sp³-hybridized carbons (Fsp3) is 0.200. The molecule has 0 aromatic heterocycles. The molecule has 96 valence electrons. The van der Waals surface area contributed by atoms with E-state index in [0.717, 1.165) is 6.92 Å². The Morgan fingerprint density at radius 3 is 2.67 bits per heavy atom. The Morgan fingerprint density at radius 2 is 2.22 bits per heavy atom. The normalized spacial score (nSPS) is 11.7. The summed E-state index contributed by atoms with van der Waals surface area (Å²) in [5.41, 5.74) is -1.18. The molecule has 1 aromatic carbocycles. The zero-order valence-electron chi connectivity index (χ0n) is 9.12. The van der Waals surface area contributed by atoms with E-state index in [1.807, 2.05) is 0 Å². The van der Waals surface area contributed by atoms with E-state index in [9.17, 15) is 24.1 Å². The van der Waals surface area contributed by atoms with Gasteiger partial charge in [-0.1, -0.05) is 0 Å². The van der Waals surface area contributed by atoms with Crippen LogP contribution in [0.15, 0.2) is 12.1 Å². The summed E-state index contributed by atoms with van der Waals surface area (Å²) in [5, 5.41) is 19.3. The summed E-state index contributed by atoms with van der Waals surface area (Å²) < 4.78 is 18.0. The van der Waals surface area contributed by atoms with Gasteiger partial charge in [0, 0.05) is 12.1 Å². The highest BCUT2D eigenvalue weighted by Gasteiger charge is 2.23. The van der Waals surface area contributed by atoms with Gasteiger partial charge in [-0.25, -0.2) is 9.18 Å². The minimum Gasteiger partial charge on any atom is -0.479 e. The highest BCUT2D eigenvalue weighted by atomic mass is 19.1. The fourth-order valence-electron chi connectivity index (χ4n) is 1.13. The third-order valence-electron chi connectivity index (χ3n) is 2.05. The van der Waals surface area contributed by atoms with Crippen LogP contribution in [0, 0.1) is 15.9 Å². The molecule has 0 aliphatic rings. The van der Waals surface area contributed by atoms with Crippen LogP contribution in [0.25, 0.3) is 0 Å². The molecule has 1 aromatic rings. The molecule has 1 unspecified atom stereocenters. The standard InChI is InChI=1S/C10H8FNO6/c1-5(10(14)15)18-9-3-7(11)6(4-13)2-8(9)12(16)17/h2-5H,1H3,(H,14,15). The maximum absolute atomic E-state index is 13.3. The summed E-state index contributed by atoms with van der Waals surface area (Å²) in [4.78, 5) is 30.8. The number of nitro benzene ring substituents is 1. The number of nitrogens with zero attached hydrogens (tertiary/aromatic N) is 1. The Labute approximate surface area is 99.9 Å². The van der Waals surface area contributed by atoms with E-state index in [1.54, 1.807) is 0 Å². The monoisotopic (exact) mass is 257 g/mol. The Hall–Kier alpha value is -2.51. The van der Waals surface area contributed by atoms with E-state index in [-0.39, 0.29) is 6.29 Å². The number of hydrogen-bond acceptors (Lipinski definition) is 5. The van der Waals surface area contributed by atoms with Gasteiger partial charge in [0.1, 0.15) is 5.82 Å². The fourth-order valence-corrected chi connectivity index (χ4v) is 1.13. The SMILES string of the molecule is CC(Oc1cc(F)c(C=O)cc1[N+](=O)[O-])C(=O)O. The maximum atomic E-state index is 13.3. The van der Waals surface area contributed by atoms with E-state index in [0.29, 0.717) is 12.1 Å². The molecule has 0 amide bonds. The van der Waals surface area contributed by atoms with Gasteiger partial charge >= 0.3 is 11.7 Å². The second-order valence-electron chi connectivity index (χ2n) is 3.31. The lowest BCUT2D eigenvalue weighted by Crippen LogP contribution is -2.23. The third kappa shape index (κ3) is 2.78. The van der Waals surface area contributed by atoms with Gasteiger partial charge in [0.25, 0.3) is 0 Å². The highest BCUT2D eigenvalue weighted by molar-refractivity contribution is 5.78. The van der Waals surface area contributed by atoms with Gasteiger partial charge in [-0.3, -0.25) is 14.9 Å². The number of carboxylic acid groups (broad SMARTS) is 1. The third-order valence-corrected chi connectivity index (χ3v) is 2.05. The minimum atomic E-state index is -1.38. The van der Waals surface area contributed by atoms with Crippen molar-refractivity contribution < 1.29 is 28.7 Å². The Balaban J connectivity index is 3.25. The van der Waals surface area contributed by atoms with Crippen LogP contribution < -0.4 is 4.74 Å². The lowest BCUT2D eigenvalue weighted by molar-refractivity contribution is -0.386. The smallest absolute Gasteiger partial charge is 0.344 e. The van der Waals surface area contributed by atoms with Crippen molar-refractivity contribution in [3.05, 3.63) is 33.6 Å². The van der Waals surface area contributed by atoms with Crippen molar-refractivity contribution in [1.82, 2.24) is 0 Å². The van der Waals surface area contributed by atoms with Crippen LogP contribution in [-0.4, -0.2) is 28.4 Å². The van der Waals surface area contributed by atoms with Crippen molar-refractivity contribution in [2.45, 2.75) is 13.0 Å². The van der Waals surface area contributed by atoms with Crippen molar-refractivity contribution >= 4 is 17.9 Å². The summed E-state index contributed by atoms with van der Waals surface area (Å²) in [6, 6.07) is 1.30. The topological polar surface area (TPSA) is 107 Å². The average molecular weight is 257 g/mol. The van der Waals surface area contributed by atoms with Gasteiger partial charge in [-0.05, 0) is 6.92 Å². The molecule has 0 saturated carbocycles. The van der Waals surface area contributed by atoms with Crippen molar-refractivity contribution in [3.8, 4) is 5.75 Å². The number of halogens is 1. The van der Waals surface area contributed by atoms with Crippen LogP contribution in [0.1, 0.15) is 17.3 Å². The first kappa shape index (κ1) is 13.6. The van der Waals surface area contributed by atoms with Crippen molar-refractivity contribution in [2.75, 3.05) is 0 Å². The van der Waals surface area contributed by atoms with Gasteiger partial charge in [0.2, 0.25) is 5.75 Å². The molecule has 1 atom stereocenters. The van der Waals surface area contributed by atoms with Crippen LogP contribution in [0.4, 0.5) is 10.1 Å². The predicted octanol–water partition coefficient (Wildman–Crippen LogP) is 1.40. The molecule has 8 heteroatoms. The van der Waals surface area contributed by atoms with Crippen LogP contribution in [0.3, 0.4) is 0 Å². The number of nitro groups is 1. The second-order valence-corrected chi connectivity index (χ2v) is 3.31. The van der Waals surface area contributed by atoms with Crippen LogP contribution >= 0.6 is 0 Å². The number of benzene rings is 1. The van der Waals surface area contributed by atoms with Gasteiger partial charge in [0.15, 0.2) is 12.4 Å². The van der Waals surface area contributed by atoms with Gasteiger partial charge in [-0.2, -0.15) is 0 Å². The molecule has 0 fully saturated rings. The summed E-state index contributed by atoms with van der Waals surface area (Å²) >= 11 is 0. The molecule has 0 radical (unpaired) electrons. The number of rotatable bonds is 5. The first-order valence-electron chi connectivity index (χ1n) is 4.69. The lowest BCUT2D eigenvalue weighted by atomic mass is 10.2. The molecular weight excluding hydrogens is 249 g/mol. The zero-order chi connectivity index (χ0) is 13.9. The molecular formula is C10H8FNO6. The first-order chi connectivity index (χ1) is 8.36. The summed E-state index contributed by atoms with van der Waals surface area (Å²) in [6.45, 7) is 1.14. The largest absolute Gasteiger partial charge is 0.479 e. The van der Waals surface area contributed by atoms with E-state index in [1.165, 1.54) is 0 Å². The molecule has 1 N–H and O–H groups in total. The van der Waals surface area contributed by atoms with Gasteiger partial charge in [-0.15, -0.1) is 0 Å². The number of carbonyl (C=O) groups excluding carboxylic acids is 1. The molecule has 7 nitrogen and oxygen atoms in total. The van der Waals surface area contributed by atoms with E-state index in [4.69, 9.17) is 9.84 Å². The number of carbonyl (C=O) groups is 2. The zero-order valence-corrected chi connectivity index (χ0v) is 9.12. The van der Waals surface area contributed by atoms with Crippen LogP contribution in [0.2, 0.25) is 0 Å². The average Bonchev–Trinajstić information content (AvgIpc) is 2.28. The second kappa shape index (κ2) is 5.21. The Kier molecular flexibility index (Phi) is 3.93.